The van der Waals surface area contributed by atoms with Crippen LogP contribution in [0.2, 0.25) is 10.0 Å². The summed E-state index contributed by atoms with van der Waals surface area (Å²) in [5.74, 6) is 0.785. The fraction of sp³-hybridized carbons (Fsp3) is 0.533. The van der Waals surface area contributed by atoms with Crippen LogP contribution in [0.25, 0.3) is 11.3 Å². The number of aromatic nitrogens is 2. The smallest absolute Gasteiger partial charge is 0.162 e. The highest BCUT2D eigenvalue weighted by Crippen LogP contribution is 2.63. The van der Waals surface area contributed by atoms with Gasteiger partial charge in [-0.3, -0.25) is 24.4 Å². The average molecular weight is 1060 g/mol. The first-order valence-corrected chi connectivity index (χ1v) is 28.1. The summed E-state index contributed by atoms with van der Waals surface area (Å²) in [7, 11) is 8.22. The van der Waals surface area contributed by atoms with Gasteiger partial charge in [0.15, 0.2) is 17.4 Å². The summed E-state index contributed by atoms with van der Waals surface area (Å²) in [6.07, 6.45) is 7.46. The molecule has 4 aromatic carbocycles. The number of imidazole rings is 1. The third kappa shape index (κ3) is 9.07. The predicted octanol–water partition coefficient (Wildman–Crippen LogP) is 9.81. The average Bonchev–Trinajstić information content (AvgIpc) is 4.31. The van der Waals surface area contributed by atoms with Crippen molar-refractivity contribution in [1.29, 1.82) is 0 Å². The fourth-order valence-electron chi connectivity index (χ4n) is 15.6. The zero-order valence-electron chi connectivity index (χ0n) is 44.5. The van der Waals surface area contributed by atoms with E-state index in [0.29, 0.717) is 66.1 Å². The quantitative estimate of drug-likeness (QED) is 0.112. The van der Waals surface area contributed by atoms with Gasteiger partial charge in [-0.25, -0.2) is 13.8 Å². The number of piperidine rings is 1. The minimum Gasteiger partial charge on any atom is -0.457 e. The van der Waals surface area contributed by atoms with Crippen molar-refractivity contribution in [2.45, 2.75) is 133 Å². The highest BCUT2D eigenvalue weighted by Gasteiger charge is 2.77. The van der Waals surface area contributed by atoms with Gasteiger partial charge in [-0.05, 0) is 158 Å². The molecule has 11 nitrogen and oxygen atoms in total. The molecule has 400 valence electrons. The molecule has 1 spiro atoms. The van der Waals surface area contributed by atoms with Gasteiger partial charge in [0.2, 0.25) is 0 Å². The molecule has 0 amide bonds. The van der Waals surface area contributed by atoms with Gasteiger partial charge in [-0.2, -0.15) is 0 Å². The molecule has 2 N–H and O–H groups in total. The van der Waals surface area contributed by atoms with Gasteiger partial charge in [-0.15, -0.1) is 0 Å². The van der Waals surface area contributed by atoms with Crippen LogP contribution in [0.5, 0.6) is 11.5 Å². The highest BCUT2D eigenvalue weighted by atomic mass is 35.5. The number of rotatable bonds is 14. The molecule has 1 aromatic heterocycles. The second-order valence-corrected chi connectivity index (χ2v) is 23.8. The molecule has 5 aromatic rings. The molecule has 1 aliphatic carbocycles. The lowest BCUT2D eigenvalue weighted by atomic mass is 9.54. The van der Waals surface area contributed by atoms with Crippen LogP contribution < -0.4 is 15.4 Å². The number of nitrogens with zero attached hydrogens (tertiary/aromatic N) is 6. The zero-order valence-corrected chi connectivity index (χ0v) is 46.1. The van der Waals surface area contributed by atoms with E-state index in [-0.39, 0.29) is 66.1 Å². The number of likely N-dealkylation sites (N-methyl/N-ethyl adjacent to an activating group) is 2. The van der Waals surface area contributed by atoms with Crippen molar-refractivity contribution in [2.24, 2.45) is 23.8 Å². The molecule has 75 heavy (non-hydrogen) atoms. The molecule has 11 rings (SSSR count). The first kappa shape index (κ1) is 52.8. The maximum atomic E-state index is 17.5. The van der Waals surface area contributed by atoms with Crippen molar-refractivity contribution in [3.05, 3.63) is 135 Å². The first-order chi connectivity index (χ1) is 36.2. The Kier molecular flexibility index (Phi) is 14.9. The van der Waals surface area contributed by atoms with E-state index in [2.05, 4.69) is 107 Å². The molecule has 7 unspecified atom stereocenters. The summed E-state index contributed by atoms with van der Waals surface area (Å²) in [6.45, 7) is 11.4. The predicted molar refractivity (Wildman–Crippen MR) is 292 cm³/mol. The van der Waals surface area contributed by atoms with Crippen LogP contribution in [0.15, 0.2) is 91.1 Å². The molecule has 12 atom stereocenters. The van der Waals surface area contributed by atoms with Crippen LogP contribution in [0.3, 0.4) is 0 Å². The summed E-state index contributed by atoms with van der Waals surface area (Å²) < 4.78 is 46.3. The number of Topliss-reactive ketones (excluding diaryl/α,β-unsaturated/α-hetero) is 1. The van der Waals surface area contributed by atoms with Gasteiger partial charge in [0.25, 0.3) is 0 Å². The first-order valence-electron chi connectivity index (χ1n) is 27.4. The lowest BCUT2D eigenvalue weighted by Gasteiger charge is -2.57. The van der Waals surface area contributed by atoms with E-state index in [0.717, 1.165) is 55.1 Å². The summed E-state index contributed by atoms with van der Waals surface area (Å²) >= 11 is 13.3. The Hall–Kier alpha value is -4.28. The Morgan fingerprint density at radius 2 is 1.60 bits per heavy atom. The van der Waals surface area contributed by atoms with Crippen molar-refractivity contribution < 1.29 is 23.0 Å². The third-order valence-electron chi connectivity index (χ3n) is 19.2. The van der Waals surface area contributed by atoms with E-state index in [1.54, 1.807) is 19.2 Å². The molecular formula is C60H74Cl2F2N8O3. The molecule has 2 bridgehead atoms. The van der Waals surface area contributed by atoms with Crippen molar-refractivity contribution in [1.82, 2.24) is 39.8 Å². The van der Waals surface area contributed by atoms with Crippen molar-refractivity contribution in [2.75, 3.05) is 47.4 Å². The number of benzene rings is 4. The van der Waals surface area contributed by atoms with Crippen LogP contribution >= 0.6 is 23.2 Å². The molecule has 6 aliphatic rings. The van der Waals surface area contributed by atoms with E-state index in [9.17, 15) is 0 Å². The van der Waals surface area contributed by atoms with Crippen LogP contribution in [0.1, 0.15) is 75.4 Å². The van der Waals surface area contributed by atoms with Crippen LogP contribution in [0, 0.1) is 28.4 Å². The molecule has 5 aliphatic heterocycles. The Bertz CT molecular complexity index is 2870. The van der Waals surface area contributed by atoms with Crippen LogP contribution in [-0.2, 0) is 42.5 Å². The Morgan fingerprint density at radius 1 is 0.853 bits per heavy atom. The highest BCUT2D eigenvalue weighted by molar-refractivity contribution is 6.31. The van der Waals surface area contributed by atoms with Gasteiger partial charge in [-0.1, -0.05) is 60.5 Å². The van der Waals surface area contributed by atoms with Crippen LogP contribution in [0.4, 0.5) is 8.78 Å². The number of hydrogen-bond donors (Lipinski definition) is 2. The molecule has 5 saturated heterocycles. The summed E-state index contributed by atoms with van der Waals surface area (Å²) in [5, 5.41) is 9.57. The van der Waals surface area contributed by atoms with Gasteiger partial charge < -0.3 is 24.7 Å². The fourth-order valence-corrected chi connectivity index (χ4v) is 15.9. The van der Waals surface area contributed by atoms with E-state index in [4.69, 9.17) is 37.7 Å². The normalized spacial score (nSPS) is 32.3. The second kappa shape index (κ2) is 21.2. The van der Waals surface area contributed by atoms with Crippen molar-refractivity contribution >= 4 is 29.0 Å². The van der Waals surface area contributed by atoms with E-state index >= 15 is 13.6 Å². The third-order valence-corrected chi connectivity index (χ3v) is 19.7. The SMILES string of the molecule is CCC12C(=O)C34C5C[C@H](Cc6ccc(Cl)cc6)N(C)C3[C@@H](COC)NC4[C@H](C)N(Cc3ccc(Cl)cc3Oc3ccc(-c4cnc(CN6CCCC6)n4C)cc3)C1C[C@@H](Cc1cccc(F)c1F)C2N(C)[C@@H](C)CN5. The van der Waals surface area contributed by atoms with E-state index < -0.39 is 22.5 Å². The number of carbonyl (C=O) groups excluding carboxylic acids is 1. The Balaban J connectivity index is 1.01. The largest absolute Gasteiger partial charge is 0.457 e. The Morgan fingerprint density at radius 3 is 2.33 bits per heavy atom. The minimum absolute atomic E-state index is 0.0145. The molecule has 1 saturated carbocycles. The van der Waals surface area contributed by atoms with Gasteiger partial charge in [0.05, 0.1) is 35.9 Å². The number of halogens is 4. The van der Waals surface area contributed by atoms with Crippen LogP contribution in [-0.4, -0.2) is 137 Å². The summed E-state index contributed by atoms with van der Waals surface area (Å²) in [6, 6.07) is 25.2. The molecular weight excluding hydrogens is 990 g/mol. The number of ketones is 1. The lowest BCUT2D eigenvalue weighted by molar-refractivity contribution is -0.154. The summed E-state index contributed by atoms with van der Waals surface area (Å²) in [4.78, 5) is 32.3. The number of nitrogens with one attached hydrogen (secondary N) is 2. The monoisotopic (exact) mass is 1060 g/mol. The number of methoxy groups -OCH3 is 1. The minimum atomic E-state index is -0.931. The van der Waals surface area contributed by atoms with Gasteiger partial charge in [0.1, 0.15) is 17.3 Å². The lowest BCUT2D eigenvalue weighted by Crippen LogP contribution is -2.73. The summed E-state index contributed by atoms with van der Waals surface area (Å²) in [5.41, 5.74) is 2.73. The topological polar surface area (TPSA) is 90.4 Å². The molecule has 15 heteroatoms. The number of likely N-dealkylation sites (tertiary alicyclic amines) is 3. The number of hydrogen-bond acceptors (Lipinski definition) is 10. The number of carbonyl (C=O) groups is 1. The van der Waals surface area contributed by atoms with Gasteiger partial charge in [0, 0.05) is 103 Å². The molecule has 0 radical (unpaired) electrons. The second-order valence-electron chi connectivity index (χ2n) is 22.9. The molecule has 6 fully saturated rings. The zero-order chi connectivity index (χ0) is 52.5. The number of ether oxygens (including phenoxy) is 2. The van der Waals surface area contributed by atoms with Crippen molar-refractivity contribution in [3.8, 4) is 22.8 Å². The van der Waals surface area contributed by atoms with E-state index in [1.807, 2.05) is 42.6 Å². The maximum absolute atomic E-state index is 17.5. The molecule has 6 heterocycles. The maximum Gasteiger partial charge on any atom is 0.162 e. The Labute approximate surface area is 452 Å². The van der Waals surface area contributed by atoms with Crippen molar-refractivity contribution in [3.63, 3.8) is 0 Å². The standard InChI is InChI=1S/C60H74Cl2F2N8O3/c1-8-59-52-28-42(27-40-12-11-13-47(63)54(40)64)56(59)68(4)36(2)31-65-51-30-45(26-38-14-19-43(61)20-15-38)69(5)57-48(35-74-7)67-55(60(51,57)58(59)73)37(3)72(52)33-41-16-21-44(62)29-50(41)75-46-22-17-39(18-23-46)49-32-66-53(70(49)6)34-71-24-9-10-25-71/h11-23,29,32,36-37,42,45,48,51-52,55-57,65,67H,8-10,24-28,30-31,33-35H2,1-7H3/t36-,37-,42+,45-,48+,51?,52?,55?,56?,57?,59?,60?/m0/s1. The van der Waals surface area contributed by atoms with E-state index in [1.165, 1.54) is 24.5 Å². The van der Waals surface area contributed by atoms with Gasteiger partial charge >= 0.3 is 0 Å².